The summed E-state index contributed by atoms with van der Waals surface area (Å²) in [6.07, 6.45) is -1.02. The minimum atomic E-state index is -1.49. The number of carboxylic acid groups (broad SMARTS) is 1. The molecule has 0 bridgehead atoms. The van der Waals surface area contributed by atoms with E-state index in [2.05, 4.69) is 0 Å². The Morgan fingerprint density at radius 1 is 1.29 bits per heavy atom. The highest BCUT2D eigenvalue weighted by molar-refractivity contribution is 6.34. The molecule has 1 aromatic rings. The standard InChI is InChI=1S/C10H10O4/c1-14-9(8(11)10(12)13)7-5-3-2-4-6-7/h2-6,9H,1H3,(H,12,13). The van der Waals surface area contributed by atoms with Crippen molar-refractivity contribution in [3.8, 4) is 0 Å². The number of hydrogen-bond acceptors (Lipinski definition) is 3. The molecule has 0 aliphatic carbocycles. The second-order valence-corrected chi connectivity index (χ2v) is 2.70. The first-order valence-corrected chi connectivity index (χ1v) is 4.01. The van der Waals surface area contributed by atoms with Crippen molar-refractivity contribution in [3.63, 3.8) is 0 Å². The number of carboxylic acids is 1. The summed E-state index contributed by atoms with van der Waals surface area (Å²) in [4.78, 5) is 21.6. The van der Waals surface area contributed by atoms with Crippen LogP contribution in [0.25, 0.3) is 0 Å². The third kappa shape index (κ3) is 2.17. The van der Waals surface area contributed by atoms with Crippen molar-refractivity contribution in [3.05, 3.63) is 35.9 Å². The van der Waals surface area contributed by atoms with Crippen molar-refractivity contribution in [1.82, 2.24) is 0 Å². The van der Waals surface area contributed by atoms with E-state index in [1.54, 1.807) is 30.3 Å². The first kappa shape index (κ1) is 10.4. The highest BCUT2D eigenvalue weighted by atomic mass is 16.5. The van der Waals surface area contributed by atoms with Crippen molar-refractivity contribution in [2.45, 2.75) is 6.10 Å². The Hall–Kier alpha value is -1.68. The fourth-order valence-corrected chi connectivity index (χ4v) is 1.13. The van der Waals surface area contributed by atoms with Crippen LogP contribution in [0.3, 0.4) is 0 Å². The number of aliphatic carboxylic acids is 1. The largest absolute Gasteiger partial charge is 0.475 e. The molecule has 1 rings (SSSR count). The molecule has 0 saturated carbocycles. The predicted molar refractivity (Wildman–Crippen MR) is 48.8 cm³/mol. The van der Waals surface area contributed by atoms with Crippen LogP contribution in [0.5, 0.6) is 0 Å². The average molecular weight is 194 g/mol. The molecule has 0 aliphatic heterocycles. The molecule has 4 heteroatoms. The van der Waals surface area contributed by atoms with Crippen LogP contribution < -0.4 is 0 Å². The number of ketones is 1. The fourth-order valence-electron chi connectivity index (χ4n) is 1.13. The maximum atomic E-state index is 11.1. The SMILES string of the molecule is COC(C(=O)C(=O)O)c1ccccc1. The second kappa shape index (κ2) is 4.53. The minimum absolute atomic E-state index is 0.544. The second-order valence-electron chi connectivity index (χ2n) is 2.70. The van der Waals surface area contributed by atoms with Crippen molar-refractivity contribution in [1.29, 1.82) is 0 Å². The average Bonchev–Trinajstić information content (AvgIpc) is 2.20. The summed E-state index contributed by atoms with van der Waals surface area (Å²) in [6, 6.07) is 8.51. The summed E-state index contributed by atoms with van der Waals surface area (Å²) in [5.41, 5.74) is 0.544. The monoisotopic (exact) mass is 194 g/mol. The molecule has 74 valence electrons. The molecular formula is C10H10O4. The molecule has 1 N–H and O–H groups in total. The van der Waals surface area contributed by atoms with E-state index in [4.69, 9.17) is 9.84 Å². The third-order valence-corrected chi connectivity index (χ3v) is 1.79. The van der Waals surface area contributed by atoms with Gasteiger partial charge in [0.25, 0.3) is 5.78 Å². The van der Waals surface area contributed by atoms with Gasteiger partial charge in [-0.05, 0) is 5.56 Å². The van der Waals surface area contributed by atoms with Crippen LogP contribution in [0.15, 0.2) is 30.3 Å². The lowest BCUT2D eigenvalue weighted by atomic mass is 10.1. The van der Waals surface area contributed by atoms with Gasteiger partial charge in [0.2, 0.25) is 0 Å². The molecule has 0 spiro atoms. The Morgan fingerprint density at radius 3 is 2.29 bits per heavy atom. The summed E-state index contributed by atoms with van der Waals surface area (Å²) in [5.74, 6) is -2.44. The molecule has 4 nitrogen and oxygen atoms in total. The molecule has 1 unspecified atom stereocenters. The summed E-state index contributed by atoms with van der Waals surface area (Å²) in [6.45, 7) is 0. The molecule has 1 aromatic carbocycles. The molecule has 0 amide bonds. The normalized spacial score (nSPS) is 12.1. The van der Waals surface area contributed by atoms with Gasteiger partial charge in [-0.2, -0.15) is 0 Å². The quantitative estimate of drug-likeness (QED) is 0.727. The van der Waals surface area contributed by atoms with Gasteiger partial charge < -0.3 is 9.84 Å². The van der Waals surface area contributed by atoms with Gasteiger partial charge in [0.15, 0.2) is 6.10 Å². The molecule has 0 fully saturated rings. The molecule has 0 aliphatic rings. The predicted octanol–water partition coefficient (Wildman–Crippen LogP) is 1.03. The fraction of sp³-hybridized carbons (Fsp3) is 0.200. The summed E-state index contributed by atoms with van der Waals surface area (Å²) < 4.78 is 4.83. The van der Waals surface area contributed by atoms with Crippen LogP contribution in [0.2, 0.25) is 0 Å². The van der Waals surface area contributed by atoms with E-state index in [1.165, 1.54) is 7.11 Å². The number of Topliss-reactive ketones (excluding diaryl/α,β-unsaturated/α-hetero) is 1. The van der Waals surface area contributed by atoms with Gasteiger partial charge in [-0.25, -0.2) is 4.79 Å². The maximum absolute atomic E-state index is 11.1. The Labute approximate surface area is 81.1 Å². The van der Waals surface area contributed by atoms with Crippen molar-refractivity contribution >= 4 is 11.8 Å². The number of benzene rings is 1. The van der Waals surface area contributed by atoms with E-state index in [-0.39, 0.29) is 0 Å². The van der Waals surface area contributed by atoms with Gasteiger partial charge in [-0.15, -0.1) is 0 Å². The molecule has 14 heavy (non-hydrogen) atoms. The lowest BCUT2D eigenvalue weighted by Gasteiger charge is -2.11. The van der Waals surface area contributed by atoms with Gasteiger partial charge in [-0.1, -0.05) is 30.3 Å². The number of carbonyl (C=O) groups is 2. The lowest BCUT2D eigenvalue weighted by molar-refractivity contribution is -0.154. The number of ether oxygens (including phenoxy) is 1. The van der Waals surface area contributed by atoms with Gasteiger partial charge >= 0.3 is 5.97 Å². The Kier molecular flexibility index (Phi) is 3.36. The Morgan fingerprint density at radius 2 is 1.86 bits per heavy atom. The first-order chi connectivity index (χ1) is 6.66. The van der Waals surface area contributed by atoms with E-state index in [1.807, 2.05) is 0 Å². The number of rotatable bonds is 4. The molecule has 0 saturated heterocycles. The van der Waals surface area contributed by atoms with E-state index in [9.17, 15) is 9.59 Å². The smallest absolute Gasteiger partial charge is 0.375 e. The van der Waals surface area contributed by atoms with Crippen LogP contribution in [0.4, 0.5) is 0 Å². The van der Waals surface area contributed by atoms with Crippen molar-refractivity contribution in [2.75, 3.05) is 7.11 Å². The molecule has 0 aromatic heterocycles. The number of methoxy groups -OCH3 is 1. The van der Waals surface area contributed by atoms with Gasteiger partial charge in [-0.3, -0.25) is 4.79 Å². The molecule has 0 heterocycles. The zero-order chi connectivity index (χ0) is 10.6. The van der Waals surface area contributed by atoms with Crippen LogP contribution in [-0.2, 0) is 14.3 Å². The zero-order valence-electron chi connectivity index (χ0n) is 7.64. The number of hydrogen-bond donors (Lipinski definition) is 1. The minimum Gasteiger partial charge on any atom is -0.475 e. The first-order valence-electron chi connectivity index (χ1n) is 4.01. The maximum Gasteiger partial charge on any atom is 0.375 e. The van der Waals surface area contributed by atoms with Crippen LogP contribution in [0.1, 0.15) is 11.7 Å². The summed E-state index contributed by atoms with van der Waals surface area (Å²) in [5, 5.41) is 8.52. The van der Waals surface area contributed by atoms with Crippen LogP contribution >= 0.6 is 0 Å². The van der Waals surface area contributed by atoms with Gasteiger partial charge in [0, 0.05) is 7.11 Å². The zero-order valence-corrected chi connectivity index (χ0v) is 7.64. The third-order valence-electron chi connectivity index (χ3n) is 1.79. The molecule has 0 radical (unpaired) electrons. The Balaban J connectivity index is 2.93. The van der Waals surface area contributed by atoms with Crippen molar-refractivity contribution in [2.24, 2.45) is 0 Å². The number of carbonyl (C=O) groups excluding carboxylic acids is 1. The van der Waals surface area contributed by atoms with E-state index in [0.717, 1.165) is 0 Å². The highest BCUT2D eigenvalue weighted by Crippen LogP contribution is 2.16. The molecule has 1 atom stereocenters. The highest BCUT2D eigenvalue weighted by Gasteiger charge is 2.25. The van der Waals surface area contributed by atoms with Crippen molar-refractivity contribution < 1.29 is 19.4 Å². The summed E-state index contributed by atoms with van der Waals surface area (Å²) in [7, 11) is 1.30. The summed E-state index contributed by atoms with van der Waals surface area (Å²) >= 11 is 0. The van der Waals surface area contributed by atoms with E-state index < -0.39 is 17.9 Å². The Bertz CT molecular complexity index is 331. The van der Waals surface area contributed by atoms with E-state index >= 15 is 0 Å². The topological polar surface area (TPSA) is 63.6 Å². The van der Waals surface area contributed by atoms with Crippen LogP contribution in [-0.4, -0.2) is 24.0 Å². The van der Waals surface area contributed by atoms with E-state index in [0.29, 0.717) is 5.56 Å². The van der Waals surface area contributed by atoms with Gasteiger partial charge in [0.05, 0.1) is 0 Å². The van der Waals surface area contributed by atoms with Gasteiger partial charge in [0.1, 0.15) is 0 Å². The van der Waals surface area contributed by atoms with Crippen LogP contribution in [0, 0.1) is 0 Å². The lowest BCUT2D eigenvalue weighted by Crippen LogP contribution is -2.22. The molecular weight excluding hydrogens is 184 g/mol.